The highest BCUT2D eigenvalue weighted by Crippen LogP contribution is 2.15. The lowest BCUT2D eigenvalue weighted by Gasteiger charge is -2.34. The predicted octanol–water partition coefficient (Wildman–Crippen LogP) is 3.19. The molecule has 0 radical (unpaired) electrons. The van der Waals surface area contributed by atoms with Crippen molar-refractivity contribution in [3.8, 4) is 5.69 Å². The fraction of sp³-hybridized carbons (Fsp3) is 0.286. The van der Waals surface area contributed by atoms with Crippen molar-refractivity contribution in [3.63, 3.8) is 0 Å². The number of hydrogen-bond acceptors (Lipinski definition) is 4. The van der Waals surface area contributed by atoms with Crippen molar-refractivity contribution in [3.05, 3.63) is 76.8 Å². The van der Waals surface area contributed by atoms with E-state index in [0.29, 0.717) is 23.9 Å². The molecule has 2 heterocycles. The van der Waals surface area contributed by atoms with Crippen LogP contribution in [0.15, 0.2) is 54.6 Å². The second kappa shape index (κ2) is 8.12. The Morgan fingerprint density at radius 3 is 2.36 bits per heavy atom. The first-order chi connectivity index (χ1) is 13.6. The molecule has 1 aliphatic heterocycles. The molecule has 0 bridgehead atoms. The van der Waals surface area contributed by atoms with Gasteiger partial charge in [0.25, 0.3) is 5.91 Å². The van der Waals surface area contributed by atoms with Crippen LogP contribution in [0.5, 0.6) is 0 Å². The molecule has 0 unspecified atom stereocenters. The molecule has 1 aromatic heterocycles. The largest absolute Gasteiger partial charge is 0.333 e. The SMILES string of the molecule is Cc1nc(C(=O)N2CCN(Cc3ccccc3)CC2)nn1-c1ccc(Cl)cc1. The Bertz CT molecular complexity index is 947. The molecule has 1 amide bonds. The number of benzene rings is 2. The minimum absolute atomic E-state index is 0.116. The molecule has 28 heavy (non-hydrogen) atoms. The van der Waals surface area contributed by atoms with E-state index >= 15 is 0 Å². The maximum Gasteiger partial charge on any atom is 0.293 e. The summed E-state index contributed by atoms with van der Waals surface area (Å²) in [5.74, 6) is 0.799. The van der Waals surface area contributed by atoms with Crippen molar-refractivity contribution in [2.75, 3.05) is 26.2 Å². The Balaban J connectivity index is 1.40. The van der Waals surface area contributed by atoms with Crippen molar-refractivity contribution in [1.29, 1.82) is 0 Å². The predicted molar refractivity (Wildman–Crippen MR) is 109 cm³/mol. The molecule has 144 valence electrons. The van der Waals surface area contributed by atoms with Crippen LogP contribution in [0.2, 0.25) is 5.02 Å². The quantitative estimate of drug-likeness (QED) is 0.680. The topological polar surface area (TPSA) is 54.3 Å². The second-order valence-electron chi connectivity index (χ2n) is 6.92. The number of hydrogen-bond donors (Lipinski definition) is 0. The van der Waals surface area contributed by atoms with Crippen LogP contribution in [0.4, 0.5) is 0 Å². The Morgan fingerprint density at radius 1 is 1.00 bits per heavy atom. The zero-order valence-corrected chi connectivity index (χ0v) is 16.5. The number of piperazine rings is 1. The number of rotatable bonds is 4. The van der Waals surface area contributed by atoms with Crippen LogP contribution in [-0.2, 0) is 6.54 Å². The number of halogens is 1. The van der Waals surface area contributed by atoms with E-state index in [-0.39, 0.29) is 11.7 Å². The van der Waals surface area contributed by atoms with Gasteiger partial charge in [0.15, 0.2) is 0 Å². The number of carbonyl (C=O) groups is 1. The Kier molecular flexibility index (Phi) is 5.41. The van der Waals surface area contributed by atoms with Crippen LogP contribution in [0, 0.1) is 6.92 Å². The number of aryl methyl sites for hydroxylation is 1. The van der Waals surface area contributed by atoms with Gasteiger partial charge in [0.2, 0.25) is 5.82 Å². The van der Waals surface area contributed by atoms with Gasteiger partial charge in [-0.2, -0.15) is 0 Å². The molecular weight excluding hydrogens is 374 g/mol. The van der Waals surface area contributed by atoms with Crippen LogP contribution in [0.3, 0.4) is 0 Å². The third kappa shape index (κ3) is 4.08. The maximum atomic E-state index is 12.9. The molecule has 0 atom stereocenters. The van der Waals surface area contributed by atoms with Crippen LogP contribution < -0.4 is 0 Å². The highest BCUT2D eigenvalue weighted by molar-refractivity contribution is 6.30. The van der Waals surface area contributed by atoms with Crippen LogP contribution in [0.25, 0.3) is 5.69 Å². The summed E-state index contributed by atoms with van der Waals surface area (Å²) in [5, 5.41) is 5.09. The van der Waals surface area contributed by atoms with Crippen LogP contribution in [0.1, 0.15) is 22.0 Å². The molecule has 6 nitrogen and oxygen atoms in total. The van der Waals surface area contributed by atoms with Crippen molar-refractivity contribution < 1.29 is 4.79 Å². The zero-order valence-electron chi connectivity index (χ0n) is 15.8. The van der Waals surface area contributed by atoms with Crippen molar-refractivity contribution >= 4 is 17.5 Å². The summed E-state index contributed by atoms with van der Waals surface area (Å²) >= 11 is 5.95. The normalized spacial score (nSPS) is 15.0. The van der Waals surface area contributed by atoms with Gasteiger partial charge in [0.05, 0.1) is 5.69 Å². The van der Waals surface area contributed by atoms with Crippen LogP contribution >= 0.6 is 11.6 Å². The highest BCUT2D eigenvalue weighted by atomic mass is 35.5. The lowest BCUT2D eigenvalue weighted by atomic mass is 10.2. The van der Waals surface area contributed by atoms with Gasteiger partial charge in [-0.25, -0.2) is 9.67 Å². The smallest absolute Gasteiger partial charge is 0.293 e. The summed E-state index contributed by atoms with van der Waals surface area (Å²) in [4.78, 5) is 21.5. The molecule has 0 aliphatic carbocycles. The Hall–Kier alpha value is -2.70. The summed E-state index contributed by atoms with van der Waals surface area (Å²) in [6, 6.07) is 17.7. The van der Waals surface area contributed by atoms with E-state index in [1.807, 2.05) is 30.0 Å². The van der Waals surface area contributed by atoms with Gasteiger partial charge >= 0.3 is 0 Å². The van der Waals surface area contributed by atoms with E-state index < -0.39 is 0 Å². The number of nitrogens with zero attached hydrogens (tertiary/aromatic N) is 5. The average Bonchev–Trinajstić information content (AvgIpc) is 3.11. The van der Waals surface area contributed by atoms with Crippen molar-refractivity contribution in [2.45, 2.75) is 13.5 Å². The summed E-state index contributed by atoms with van der Waals surface area (Å²) in [6.45, 7) is 5.80. The molecule has 1 saturated heterocycles. The second-order valence-corrected chi connectivity index (χ2v) is 7.36. The van der Waals surface area contributed by atoms with Gasteiger partial charge in [-0.15, -0.1) is 5.10 Å². The van der Waals surface area contributed by atoms with E-state index in [4.69, 9.17) is 11.6 Å². The van der Waals surface area contributed by atoms with Gasteiger partial charge in [-0.05, 0) is 36.8 Å². The molecule has 0 saturated carbocycles. The molecule has 0 spiro atoms. The molecule has 1 fully saturated rings. The van der Waals surface area contributed by atoms with Gasteiger partial charge in [-0.3, -0.25) is 9.69 Å². The first kappa shape index (κ1) is 18.7. The van der Waals surface area contributed by atoms with E-state index in [0.717, 1.165) is 25.3 Å². The van der Waals surface area contributed by atoms with Crippen molar-refractivity contribution in [1.82, 2.24) is 24.6 Å². The van der Waals surface area contributed by atoms with E-state index in [9.17, 15) is 4.79 Å². The number of aromatic nitrogens is 3. The highest BCUT2D eigenvalue weighted by Gasteiger charge is 2.25. The fourth-order valence-electron chi connectivity index (χ4n) is 3.40. The van der Waals surface area contributed by atoms with Crippen LogP contribution in [-0.4, -0.2) is 56.7 Å². The molecule has 2 aromatic carbocycles. The van der Waals surface area contributed by atoms with E-state index in [2.05, 4.69) is 39.2 Å². The third-order valence-corrected chi connectivity index (χ3v) is 5.19. The summed E-state index contributed by atoms with van der Waals surface area (Å²) in [7, 11) is 0. The lowest BCUT2D eigenvalue weighted by molar-refractivity contribution is 0.0616. The molecular formula is C21H22ClN5O. The fourth-order valence-corrected chi connectivity index (χ4v) is 3.53. The average molecular weight is 396 g/mol. The molecule has 1 aliphatic rings. The minimum atomic E-state index is -0.116. The Morgan fingerprint density at radius 2 is 1.68 bits per heavy atom. The van der Waals surface area contributed by atoms with E-state index in [1.54, 1.807) is 16.8 Å². The van der Waals surface area contributed by atoms with Gasteiger partial charge in [-0.1, -0.05) is 41.9 Å². The monoisotopic (exact) mass is 395 g/mol. The first-order valence-corrected chi connectivity index (χ1v) is 9.73. The number of amides is 1. The number of carbonyl (C=O) groups excluding carboxylic acids is 1. The maximum absolute atomic E-state index is 12.9. The van der Waals surface area contributed by atoms with Crippen molar-refractivity contribution in [2.24, 2.45) is 0 Å². The summed E-state index contributed by atoms with van der Waals surface area (Å²) in [5.41, 5.74) is 2.13. The standard InChI is InChI=1S/C21H22ClN5O/c1-16-23-20(24-27(16)19-9-7-18(22)8-10-19)21(28)26-13-11-25(12-14-26)15-17-5-3-2-4-6-17/h2-10H,11-15H2,1H3. The first-order valence-electron chi connectivity index (χ1n) is 9.35. The lowest BCUT2D eigenvalue weighted by Crippen LogP contribution is -2.48. The zero-order chi connectivity index (χ0) is 19.5. The minimum Gasteiger partial charge on any atom is -0.333 e. The van der Waals surface area contributed by atoms with Gasteiger partial charge in [0, 0.05) is 37.7 Å². The molecule has 4 rings (SSSR count). The molecule has 7 heteroatoms. The molecule has 0 N–H and O–H groups in total. The van der Waals surface area contributed by atoms with Gasteiger partial charge < -0.3 is 4.90 Å². The third-order valence-electron chi connectivity index (χ3n) is 4.94. The van der Waals surface area contributed by atoms with E-state index in [1.165, 1.54) is 5.56 Å². The summed E-state index contributed by atoms with van der Waals surface area (Å²) in [6.07, 6.45) is 0. The molecule has 3 aromatic rings. The Labute approximate surface area is 169 Å². The van der Waals surface area contributed by atoms with Gasteiger partial charge in [0.1, 0.15) is 5.82 Å². The summed E-state index contributed by atoms with van der Waals surface area (Å²) < 4.78 is 1.68.